The first-order valence-corrected chi connectivity index (χ1v) is 14.5. The lowest BCUT2D eigenvalue weighted by atomic mass is 9.96. The van der Waals surface area contributed by atoms with Crippen LogP contribution in [0.4, 0.5) is 5.13 Å². The average molecular weight is 584 g/mol. The topological polar surface area (TPSA) is 114 Å². The fourth-order valence-corrected chi connectivity index (χ4v) is 5.74. The van der Waals surface area contributed by atoms with E-state index in [4.69, 9.17) is 9.26 Å². The molecule has 1 aliphatic rings. The Balaban J connectivity index is 1.07. The number of ether oxygens (including phenoxy) is 1. The van der Waals surface area contributed by atoms with Gasteiger partial charge in [0.05, 0.1) is 6.54 Å². The lowest BCUT2D eigenvalue weighted by Gasteiger charge is -2.34. The summed E-state index contributed by atoms with van der Waals surface area (Å²) in [5.74, 6) is -0.0425. The second kappa shape index (κ2) is 11.9. The van der Waals surface area contributed by atoms with E-state index < -0.39 is 11.4 Å². The Kier molecular flexibility index (Phi) is 7.74. The fraction of sp³-hybridized carbons (Fsp3) is 0.226. The molecular weight excluding hydrogens is 554 g/mol. The number of nitrogens with zero attached hydrogens (tertiary/aromatic N) is 4. The summed E-state index contributed by atoms with van der Waals surface area (Å²) in [4.78, 5) is 46.6. The van der Waals surface area contributed by atoms with Crippen LogP contribution >= 0.6 is 11.3 Å². The first-order valence-electron chi connectivity index (χ1n) is 13.6. The zero-order valence-corrected chi connectivity index (χ0v) is 23.8. The predicted octanol–water partition coefficient (Wildman–Crippen LogP) is 4.15. The van der Waals surface area contributed by atoms with Gasteiger partial charge in [-0.3, -0.25) is 4.79 Å². The smallest absolute Gasteiger partial charge is 0.440 e. The van der Waals surface area contributed by atoms with Crippen LogP contribution in [0.1, 0.15) is 27.0 Å². The summed E-state index contributed by atoms with van der Waals surface area (Å²) in [7, 11) is 0. The van der Waals surface area contributed by atoms with E-state index in [1.165, 1.54) is 0 Å². The summed E-state index contributed by atoms with van der Waals surface area (Å²) in [6, 6.07) is 21.3. The van der Waals surface area contributed by atoms with Crippen molar-refractivity contribution < 1.29 is 14.1 Å². The highest BCUT2D eigenvalue weighted by Gasteiger charge is 2.23. The molecule has 3 heterocycles. The van der Waals surface area contributed by atoms with Crippen molar-refractivity contribution in [3.8, 4) is 16.9 Å². The van der Waals surface area contributed by atoms with E-state index in [-0.39, 0.29) is 12.5 Å². The Hall–Kier alpha value is -4.90. The molecule has 0 aliphatic carbocycles. The normalized spacial score (nSPS) is 13.4. The van der Waals surface area contributed by atoms with E-state index in [2.05, 4.69) is 27.0 Å². The highest BCUT2D eigenvalue weighted by atomic mass is 32.1. The molecule has 6 rings (SSSR count). The molecular formula is C31H29N5O5S. The number of anilines is 1. The number of H-pyrrole nitrogens is 1. The van der Waals surface area contributed by atoms with Gasteiger partial charge in [-0.05, 0) is 65.1 Å². The molecule has 2 aromatic heterocycles. The van der Waals surface area contributed by atoms with Gasteiger partial charge in [0.1, 0.15) is 12.4 Å². The van der Waals surface area contributed by atoms with Gasteiger partial charge in [0.2, 0.25) is 0 Å². The van der Waals surface area contributed by atoms with Crippen LogP contribution in [0.2, 0.25) is 0 Å². The third-order valence-electron chi connectivity index (χ3n) is 7.25. The molecule has 0 saturated carbocycles. The molecule has 1 aliphatic heterocycles. The van der Waals surface area contributed by atoms with Crippen LogP contribution in [0, 0.1) is 6.92 Å². The average Bonchev–Trinajstić information content (AvgIpc) is 3.66. The van der Waals surface area contributed by atoms with E-state index in [9.17, 15) is 14.4 Å². The number of carbonyl (C=O) groups excluding carboxylic acids is 1. The standard InChI is InChI=1S/C31H29N5O5S/c1-21-17-25(28(37)34-12-14-35(15-13-34)30-32-11-16-42-30)7-10-27(21)24-4-2-3-23(18-24)20-40-26-8-5-22(6-9-26)19-36-29(38)33-31(39)41-36/h2-11,16-18H,12-15,19-20H2,1H3,(H,33,38,39). The molecule has 1 saturated heterocycles. The zero-order valence-electron chi connectivity index (χ0n) is 23.0. The maximum absolute atomic E-state index is 13.2. The van der Waals surface area contributed by atoms with Gasteiger partial charge < -0.3 is 19.1 Å². The third-order valence-corrected chi connectivity index (χ3v) is 8.08. The highest BCUT2D eigenvalue weighted by Crippen LogP contribution is 2.27. The van der Waals surface area contributed by atoms with Gasteiger partial charge in [0, 0.05) is 43.3 Å². The van der Waals surface area contributed by atoms with Crippen molar-refractivity contribution in [1.29, 1.82) is 0 Å². The van der Waals surface area contributed by atoms with E-state index in [0.29, 0.717) is 31.0 Å². The van der Waals surface area contributed by atoms with Crippen molar-refractivity contribution >= 4 is 22.4 Å². The molecule has 10 nitrogen and oxygen atoms in total. The Bertz CT molecular complexity index is 1800. The second-order valence-electron chi connectivity index (χ2n) is 10.1. The molecule has 11 heteroatoms. The molecule has 5 aromatic rings. The summed E-state index contributed by atoms with van der Waals surface area (Å²) in [5, 5.41) is 2.98. The number of aromatic nitrogens is 3. The molecule has 0 unspecified atom stereocenters. The van der Waals surface area contributed by atoms with Crippen LogP contribution in [-0.4, -0.2) is 51.7 Å². The maximum atomic E-state index is 13.2. The number of piperazine rings is 1. The monoisotopic (exact) mass is 583 g/mol. The molecule has 1 amide bonds. The van der Waals surface area contributed by atoms with Crippen LogP contribution in [0.25, 0.3) is 11.1 Å². The number of aryl methyl sites for hydroxylation is 1. The summed E-state index contributed by atoms with van der Waals surface area (Å²) in [6.45, 7) is 5.47. The zero-order chi connectivity index (χ0) is 29.1. The SMILES string of the molecule is Cc1cc(C(=O)N2CCN(c3nccs3)CC2)ccc1-c1cccc(COc2ccc(Cn3oc(=O)[nH]c3=O)cc2)c1. The minimum absolute atomic E-state index is 0.0568. The van der Waals surface area contributed by atoms with Gasteiger partial charge in [0.25, 0.3) is 5.91 Å². The van der Waals surface area contributed by atoms with E-state index in [0.717, 1.165) is 50.8 Å². The molecule has 214 valence electrons. The van der Waals surface area contributed by atoms with Crippen LogP contribution < -0.4 is 21.1 Å². The third kappa shape index (κ3) is 6.06. The summed E-state index contributed by atoms with van der Waals surface area (Å²) in [5.41, 5.74) is 5.08. The highest BCUT2D eigenvalue weighted by molar-refractivity contribution is 7.13. The molecule has 0 radical (unpaired) electrons. The van der Waals surface area contributed by atoms with Gasteiger partial charge in [0.15, 0.2) is 5.13 Å². The molecule has 0 atom stereocenters. The van der Waals surface area contributed by atoms with Crippen molar-refractivity contribution in [2.75, 3.05) is 31.1 Å². The molecule has 1 fully saturated rings. The van der Waals surface area contributed by atoms with E-state index in [1.54, 1.807) is 11.3 Å². The van der Waals surface area contributed by atoms with Crippen molar-refractivity contribution in [2.45, 2.75) is 20.1 Å². The van der Waals surface area contributed by atoms with E-state index >= 15 is 0 Å². The van der Waals surface area contributed by atoms with Crippen LogP contribution in [0.3, 0.4) is 0 Å². The number of hydrogen-bond donors (Lipinski definition) is 1. The first-order chi connectivity index (χ1) is 20.4. The van der Waals surface area contributed by atoms with Crippen molar-refractivity contribution in [1.82, 2.24) is 19.6 Å². The number of carbonyl (C=O) groups is 1. The minimum Gasteiger partial charge on any atom is -0.489 e. The lowest BCUT2D eigenvalue weighted by molar-refractivity contribution is 0.0746. The van der Waals surface area contributed by atoms with E-state index in [1.807, 2.05) is 78.0 Å². The predicted molar refractivity (Wildman–Crippen MR) is 160 cm³/mol. The maximum Gasteiger partial charge on any atom is 0.440 e. The second-order valence-corrected chi connectivity index (χ2v) is 11.0. The number of amides is 1. The largest absolute Gasteiger partial charge is 0.489 e. The molecule has 3 aromatic carbocycles. The molecule has 0 bridgehead atoms. The summed E-state index contributed by atoms with van der Waals surface area (Å²) < 4.78 is 11.8. The molecule has 42 heavy (non-hydrogen) atoms. The quantitative estimate of drug-likeness (QED) is 0.292. The van der Waals surface area contributed by atoms with Gasteiger partial charge in [-0.25, -0.2) is 19.6 Å². The minimum atomic E-state index is -0.779. The molecule has 1 N–H and O–H groups in total. The number of nitrogens with one attached hydrogen (secondary N) is 1. The number of aromatic amines is 1. The number of rotatable bonds is 8. The number of benzene rings is 3. The first kappa shape index (κ1) is 27.3. The number of thiazole rings is 1. The van der Waals surface area contributed by atoms with Crippen molar-refractivity contribution in [3.05, 3.63) is 122 Å². The Morgan fingerprint density at radius 3 is 2.50 bits per heavy atom. The lowest BCUT2D eigenvalue weighted by Crippen LogP contribution is -2.48. The Morgan fingerprint density at radius 2 is 1.81 bits per heavy atom. The summed E-state index contributed by atoms with van der Waals surface area (Å²) in [6.07, 6.45) is 1.81. The van der Waals surface area contributed by atoms with Crippen LogP contribution in [0.5, 0.6) is 5.75 Å². The van der Waals surface area contributed by atoms with Crippen molar-refractivity contribution in [3.63, 3.8) is 0 Å². The molecule has 0 spiro atoms. The summed E-state index contributed by atoms with van der Waals surface area (Å²) >= 11 is 1.62. The fourth-order valence-electron chi connectivity index (χ4n) is 5.05. The number of hydrogen-bond acceptors (Lipinski definition) is 8. The van der Waals surface area contributed by atoms with Gasteiger partial charge in [-0.15, -0.1) is 16.1 Å². The van der Waals surface area contributed by atoms with Crippen LogP contribution in [-0.2, 0) is 13.2 Å². The van der Waals surface area contributed by atoms with Crippen molar-refractivity contribution in [2.24, 2.45) is 0 Å². The van der Waals surface area contributed by atoms with Gasteiger partial charge in [-0.2, -0.15) is 0 Å². The van der Waals surface area contributed by atoms with Gasteiger partial charge in [-0.1, -0.05) is 36.4 Å². The Labute approximate surface area is 245 Å². The Morgan fingerprint density at radius 1 is 1.00 bits per heavy atom. The van der Waals surface area contributed by atoms with Gasteiger partial charge >= 0.3 is 11.4 Å². The van der Waals surface area contributed by atoms with Crippen LogP contribution in [0.15, 0.2) is 92.4 Å².